The van der Waals surface area contributed by atoms with Crippen LogP contribution < -0.4 is 15.4 Å². The molecule has 1 aromatic carbocycles. The smallest absolute Gasteiger partial charge is 0.222 e. The predicted octanol–water partition coefficient (Wildman–Crippen LogP) is 4.13. The van der Waals surface area contributed by atoms with Crippen molar-refractivity contribution < 1.29 is 14.3 Å². The number of furan rings is 1. The van der Waals surface area contributed by atoms with Gasteiger partial charge < -0.3 is 29.3 Å². The van der Waals surface area contributed by atoms with Crippen LogP contribution in [0.5, 0.6) is 11.6 Å². The first kappa shape index (κ1) is 24.9. The molecule has 8 rings (SSSR count). The molecule has 0 bridgehead atoms. The molecule has 7 heterocycles. The molecule has 0 amide bonds. The number of anilines is 2. The average molecular weight is 573 g/mol. The third-order valence-electron chi connectivity index (χ3n) is 7.38. The molecule has 212 valence electrons. The van der Waals surface area contributed by atoms with Crippen LogP contribution in [0.15, 0.2) is 89.9 Å². The van der Waals surface area contributed by atoms with Crippen molar-refractivity contribution in [2.45, 2.75) is 12.5 Å². The molecular weight excluding hydrogens is 548 g/mol. The van der Waals surface area contributed by atoms with Gasteiger partial charge in [-0.1, -0.05) is 11.3 Å². The Kier molecular flexibility index (Phi) is 5.75. The summed E-state index contributed by atoms with van der Waals surface area (Å²) in [5.74, 6) is 2.79. The van der Waals surface area contributed by atoms with E-state index in [-0.39, 0.29) is 12.1 Å². The Morgan fingerprint density at radius 2 is 1.98 bits per heavy atom. The summed E-state index contributed by atoms with van der Waals surface area (Å²) in [6, 6.07) is 18.5. The van der Waals surface area contributed by atoms with Gasteiger partial charge >= 0.3 is 0 Å². The van der Waals surface area contributed by atoms with Crippen LogP contribution in [0.4, 0.5) is 11.8 Å². The molecule has 0 spiro atoms. The van der Waals surface area contributed by atoms with E-state index < -0.39 is 0 Å². The summed E-state index contributed by atoms with van der Waals surface area (Å²) in [4.78, 5) is 20.2. The number of rotatable bonds is 6. The number of pyridine rings is 2. The van der Waals surface area contributed by atoms with Crippen molar-refractivity contribution in [2.24, 2.45) is 0 Å². The number of aromatic nitrogens is 8. The van der Waals surface area contributed by atoms with E-state index in [9.17, 15) is 5.11 Å². The summed E-state index contributed by atoms with van der Waals surface area (Å²) >= 11 is 0. The molecule has 1 aliphatic heterocycles. The molecule has 13 heteroatoms. The molecule has 1 fully saturated rings. The van der Waals surface area contributed by atoms with Gasteiger partial charge in [0.2, 0.25) is 11.8 Å². The number of nitrogen functional groups attached to an aromatic ring is 1. The Bertz CT molecular complexity index is 2100. The highest BCUT2D eigenvalue weighted by molar-refractivity contribution is 5.87. The quantitative estimate of drug-likeness (QED) is 0.295. The van der Waals surface area contributed by atoms with E-state index in [1.807, 2.05) is 64.2 Å². The number of imidazole rings is 1. The second kappa shape index (κ2) is 9.92. The zero-order valence-corrected chi connectivity index (χ0v) is 22.6. The van der Waals surface area contributed by atoms with Crippen LogP contribution in [0.25, 0.3) is 45.1 Å². The molecule has 43 heavy (non-hydrogen) atoms. The van der Waals surface area contributed by atoms with Crippen LogP contribution in [-0.2, 0) is 0 Å². The van der Waals surface area contributed by atoms with Gasteiger partial charge in [-0.15, -0.1) is 5.10 Å². The zero-order valence-electron chi connectivity index (χ0n) is 22.6. The van der Waals surface area contributed by atoms with Crippen molar-refractivity contribution in [3.63, 3.8) is 0 Å². The van der Waals surface area contributed by atoms with Crippen molar-refractivity contribution in [1.82, 2.24) is 39.3 Å². The summed E-state index contributed by atoms with van der Waals surface area (Å²) < 4.78 is 15.4. The molecule has 1 saturated heterocycles. The number of benzene rings is 1. The number of nitrogens with zero attached hydrogens (tertiary/aromatic N) is 9. The van der Waals surface area contributed by atoms with Gasteiger partial charge in [0.1, 0.15) is 28.4 Å². The second-order valence-electron chi connectivity index (χ2n) is 10.2. The topological polar surface area (TPSA) is 159 Å². The molecule has 0 saturated carbocycles. The number of nitrogens with two attached hydrogens (primary N) is 1. The first-order valence-corrected chi connectivity index (χ1v) is 13.7. The lowest BCUT2D eigenvalue weighted by Crippen LogP contribution is -2.22. The fourth-order valence-corrected chi connectivity index (χ4v) is 5.38. The van der Waals surface area contributed by atoms with Crippen LogP contribution in [0.1, 0.15) is 6.42 Å². The minimum atomic E-state index is -0.342. The highest BCUT2D eigenvalue weighted by Crippen LogP contribution is 2.37. The van der Waals surface area contributed by atoms with E-state index >= 15 is 0 Å². The van der Waals surface area contributed by atoms with Crippen molar-refractivity contribution >= 4 is 28.4 Å². The SMILES string of the molecule is Nc1nc(-c2ccco2)c(-c2ccc3nccn3c2)c(-n2nnc3cc(Oc4cccc(N5CC[C@@H](O)C5)n4)ccc32)n1. The molecular formula is C30H24N10O3. The summed E-state index contributed by atoms with van der Waals surface area (Å²) in [5.41, 5.74) is 10.3. The first-order valence-electron chi connectivity index (χ1n) is 13.7. The minimum Gasteiger partial charge on any atom is -0.463 e. The average Bonchev–Trinajstić information content (AvgIpc) is 3.84. The van der Waals surface area contributed by atoms with Gasteiger partial charge in [0.25, 0.3) is 0 Å². The number of hydrogen-bond donors (Lipinski definition) is 2. The van der Waals surface area contributed by atoms with E-state index in [1.165, 1.54) is 0 Å². The lowest BCUT2D eigenvalue weighted by Gasteiger charge is -2.17. The van der Waals surface area contributed by atoms with Gasteiger partial charge in [-0.2, -0.15) is 14.6 Å². The maximum atomic E-state index is 9.90. The van der Waals surface area contributed by atoms with Gasteiger partial charge in [-0.3, -0.25) is 0 Å². The second-order valence-corrected chi connectivity index (χ2v) is 10.2. The van der Waals surface area contributed by atoms with Gasteiger partial charge in [-0.05, 0) is 48.9 Å². The number of ether oxygens (including phenoxy) is 1. The van der Waals surface area contributed by atoms with E-state index in [1.54, 1.807) is 35.3 Å². The molecule has 0 radical (unpaired) electrons. The molecule has 7 aromatic rings. The van der Waals surface area contributed by atoms with Crippen LogP contribution in [-0.4, -0.2) is 63.6 Å². The highest BCUT2D eigenvalue weighted by atomic mass is 16.5. The van der Waals surface area contributed by atoms with Crippen LogP contribution in [0, 0.1) is 0 Å². The molecule has 0 unspecified atom stereocenters. The lowest BCUT2D eigenvalue weighted by atomic mass is 10.0. The summed E-state index contributed by atoms with van der Waals surface area (Å²) in [7, 11) is 0. The molecule has 1 aliphatic rings. The van der Waals surface area contributed by atoms with E-state index in [0.717, 1.165) is 30.0 Å². The molecule has 3 N–H and O–H groups in total. The normalized spacial score (nSPS) is 15.1. The zero-order chi connectivity index (χ0) is 28.9. The summed E-state index contributed by atoms with van der Waals surface area (Å²) in [6.45, 7) is 1.30. The molecule has 6 aromatic heterocycles. The molecule has 0 aliphatic carbocycles. The highest BCUT2D eigenvalue weighted by Gasteiger charge is 2.24. The predicted molar refractivity (Wildman–Crippen MR) is 158 cm³/mol. The van der Waals surface area contributed by atoms with Gasteiger partial charge in [0, 0.05) is 49.4 Å². The minimum absolute atomic E-state index is 0.0638. The number of fused-ring (bicyclic) bond motifs is 2. The lowest BCUT2D eigenvalue weighted by molar-refractivity contribution is 0.198. The standard InChI is InChI=1S/C30H24N10O3/c31-30-34-28(23-3-2-14-42-23)27(18-6-9-24-32-11-13-39(24)16-18)29(35-30)40-22-8-7-20(15-21(22)36-37-40)43-26-5-1-4-25(33-26)38-12-10-19(41)17-38/h1-9,11,13-16,19,41H,10,12,17H2,(H2,31,34,35)/t19-/m1/s1. The van der Waals surface area contributed by atoms with Gasteiger partial charge in [0.05, 0.1) is 23.4 Å². The maximum absolute atomic E-state index is 9.90. The third-order valence-corrected chi connectivity index (χ3v) is 7.38. The summed E-state index contributed by atoms with van der Waals surface area (Å²) in [6.07, 6.45) is 7.52. The number of aliphatic hydroxyl groups excluding tert-OH is 1. The fraction of sp³-hybridized carbons (Fsp3) is 0.133. The van der Waals surface area contributed by atoms with Crippen molar-refractivity contribution in [3.05, 3.63) is 85.5 Å². The Morgan fingerprint density at radius 1 is 1.02 bits per heavy atom. The van der Waals surface area contributed by atoms with E-state index in [2.05, 4.69) is 30.2 Å². The monoisotopic (exact) mass is 572 g/mol. The van der Waals surface area contributed by atoms with Gasteiger partial charge in [-0.25, -0.2) is 9.97 Å². The largest absolute Gasteiger partial charge is 0.463 e. The number of β-amino-alcohol motifs (C(OH)–C–C–N with tert-alkyl or cyclic N) is 1. The number of aliphatic hydroxyl groups is 1. The Hall–Kier alpha value is -5.82. The van der Waals surface area contributed by atoms with Gasteiger partial charge in [0.15, 0.2) is 11.6 Å². The maximum Gasteiger partial charge on any atom is 0.222 e. The first-order chi connectivity index (χ1) is 21.1. The Labute approximate surface area is 243 Å². The van der Waals surface area contributed by atoms with E-state index in [0.29, 0.717) is 52.0 Å². The van der Waals surface area contributed by atoms with Crippen LogP contribution >= 0.6 is 0 Å². The fourth-order valence-electron chi connectivity index (χ4n) is 5.38. The van der Waals surface area contributed by atoms with Crippen molar-refractivity contribution in [3.8, 4) is 40.0 Å². The van der Waals surface area contributed by atoms with Crippen molar-refractivity contribution in [2.75, 3.05) is 23.7 Å². The molecule has 13 nitrogen and oxygen atoms in total. The third kappa shape index (κ3) is 4.48. The van der Waals surface area contributed by atoms with Crippen LogP contribution in [0.3, 0.4) is 0 Å². The molecule has 1 atom stereocenters. The Morgan fingerprint density at radius 3 is 2.84 bits per heavy atom. The number of hydrogen-bond acceptors (Lipinski definition) is 11. The van der Waals surface area contributed by atoms with E-state index in [4.69, 9.17) is 14.9 Å². The summed E-state index contributed by atoms with van der Waals surface area (Å²) in [5, 5.41) is 18.8. The van der Waals surface area contributed by atoms with Crippen LogP contribution in [0.2, 0.25) is 0 Å². The Balaban J connectivity index is 1.20. The van der Waals surface area contributed by atoms with Crippen molar-refractivity contribution in [1.29, 1.82) is 0 Å².